The number of aromatic hydroxyl groups is 1. The maximum atomic E-state index is 9.60. The highest BCUT2D eigenvalue weighted by Gasteiger charge is 1.97. The van der Waals surface area contributed by atoms with E-state index in [1.165, 1.54) is 0 Å². The van der Waals surface area contributed by atoms with Gasteiger partial charge >= 0.3 is 0 Å². The highest BCUT2D eigenvalue weighted by Crippen LogP contribution is 2.23. The molecule has 0 unspecified atom stereocenters. The standard InChI is InChI=1S/C14H11ClO/c15-13-8-9-14(16)12(10-13)7-6-11-4-2-1-3-5-11/h1-10,16H. The molecule has 0 aliphatic carbocycles. The Morgan fingerprint density at radius 1 is 0.938 bits per heavy atom. The first kappa shape index (κ1) is 10.8. The minimum atomic E-state index is 0.233. The zero-order chi connectivity index (χ0) is 11.4. The predicted octanol–water partition coefficient (Wildman–Crippen LogP) is 4.22. The molecule has 16 heavy (non-hydrogen) atoms. The number of hydrogen-bond donors (Lipinski definition) is 1. The Kier molecular flexibility index (Phi) is 3.28. The van der Waals surface area contributed by atoms with Crippen LogP contribution in [0.4, 0.5) is 0 Å². The molecule has 2 aromatic rings. The number of hydrogen-bond acceptors (Lipinski definition) is 1. The van der Waals surface area contributed by atoms with E-state index in [9.17, 15) is 5.11 Å². The third-order valence-corrected chi connectivity index (χ3v) is 2.48. The topological polar surface area (TPSA) is 20.2 Å². The lowest BCUT2D eigenvalue weighted by atomic mass is 10.1. The van der Waals surface area contributed by atoms with Crippen LogP contribution < -0.4 is 0 Å². The first-order chi connectivity index (χ1) is 7.75. The van der Waals surface area contributed by atoms with Crippen molar-refractivity contribution in [2.24, 2.45) is 0 Å². The molecule has 0 aliphatic heterocycles. The summed E-state index contributed by atoms with van der Waals surface area (Å²) < 4.78 is 0. The Bertz CT molecular complexity index is 503. The molecule has 0 fully saturated rings. The molecule has 0 saturated carbocycles. The van der Waals surface area contributed by atoms with Gasteiger partial charge in [-0.05, 0) is 23.8 Å². The van der Waals surface area contributed by atoms with Crippen LogP contribution in [-0.2, 0) is 0 Å². The summed E-state index contributed by atoms with van der Waals surface area (Å²) in [6, 6.07) is 14.9. The summed E-state index contributed by atoms with van der Waals surface area (Å²) in [6.07, 6.45) is 3.78. The van der Waals surface area contributed by atoms with Crippen LogP contribution >= 0.6 is 11.6 Å². The van der Waals surface area contributed by atoms with Gasteiger partial charge in [0.05, 0.1) is 0 Å². The van der Waals surface area contributed by atoms with E-state index in [1.54, 1.807) is 18.2 Å². The lowest BCUT2D eigenvalue weighted by molar-refractivity contribution is 0.474. The molecule has 1 nitrogen and oxygen atoms in total. The molecule has 0 amide bonds. The van der Waals surface area contributed by atoms with Crippen molar-refractivity contribution < 1.29 is 5.11 Å². The third-order valence-electron chi connectivity index (χ3n) is 2.24. The fraction of sp³-hybridized carbons (Fsp3) is 0. The van der Waals surface area contributed by atoms with Crippen LogP contribution in [-0.4, -0.2) is 5.11 Å². The van der Waals surface area contributed by atoms with Gasteiger partial charge in [0.25, 0.3) is 0 Å². The molecule has 2 aromatic carbocycles. The number of rotatable bonds is 2. The minimum Gasteiger partial charge on any atom is -0.507 e. The SMILES string of the molecule is Oc1ccc(Cl)cc1C=Cc1ccccc1. The molecule has 1 N–H and O–H groups in total. The summed E-state index contributed by atoms with van der Waals surface area (Å²) in [4.78, 5) is 0. The molecule has 0 bridgehead atoms. The number of benzene rings is 2. The van der Waals surface area contributed by atoms with Crippen molar-refractivity contribution in [3.63, 3.8) is 0 Å². The van der Waals surface area contributed by atoms with E-state index >= 15 is 0 Å². The van der Waals surface area contributed by atoms with E-state index in [4.69, 9.17) is 11.6 Å². The van der Waals surface area contributed by atoms with Crippen molar-refractivity contribution >= 4 is 23.8 Å². The molecule has 0 saturated heterocycles. The van der Waals surface area contributed by atoms with E-state index in [-0.39, 0.29) is 5.75 Å². The quantitative estimate of drug-likeness (QED) is 0.766. The fourth-order valence-corrected chi connectivity index (χ4v) is 1.59. The van der Waals surface area contributed by atoms with E-state index in [0.29, 0.717) is 5.02 Å². The summed E-state index contributed by atoms with van der Waals surface area (Å²) in [5.41, 5.74) is 1.80. The van der Waals surface area contributed by atoms with E-state index in [2.05, 4.69) is 0 Å². The molecule has 0 atom stereocenters. The largest absolute Gasteiger partial charge is 0.507 e. The monoisotopic (exact) mass is 230 g/mol. The van der Waals surface area contributed by atoms with Gasteiger partial charge in [0.2, 0.25) is 0 Å². The smallest absolute Gasteiger partial charge is 0.122 e. The van der Waals surface area contributed by atoms with Crippen molar-refractivity contribution in [2.45, 2.75) is 0 Å². The van der Waals surface area contributed by atoms with Crippen LogP contribution in [0.1, 0.15) is 11.1 Å². The van der Waals surface area contributed by atoms with Gasteiger partial charge in [-0.1, -0.05) is 54.1 Å². The fourth-order valence-electron chi connectivity index (χ4n) is 1.41. The van der Waals surface area contributed by atoms with Gasteiger partial charge in [0.15, 0.2) is 0 Å². The molecule has 0 aromatic heterocycles. The molecular formula is C14H11ClO. The second kappa shape index (κ2) is 4.86. The van der Waals surface area contributed by atoms with Crippen molar-refractivity contribution in [3.05, 3.63) is 64.7 Å². The molecule has 80 valence electrons. The first-order valence-electron chi connectivity index (χ1n) is 4.97. The number of phenolic OH excluding ortho intramolecular Hbond substituents is 1. The van der Waals surface area contributed by atoms with Crippen molar-refractivity contribution in [1.29, 1.82) is 0 Å². The molecular weight excluding hydrogens is 220 g/mol. The Morgan fingerprint density at radius 2 is 1.69 bits per heavy atom. The summed E-state index contributed by atoms with van der Waals surface area (Å²) in [6.45, 7) is 0. The lowest BCUT2D eigenvalue weighted by Crippen LogP contribution is -1.75. The highest BCUT2D eigenvalue weighted by molar-refractivity contribution is 6.30. The Balaban J connectivity index is 2.27. The van der Waals surface area contributed by atoms with Crippen molar-refractivity contribution in [1.82, 2.24) is 0 Å². The molecule has 0 spiro atoms. The molecule has 0 aliphatic rings. The molecule has 0 radical (unpaired) electrons. The van der Waals surface area contributed by atoms with Crippen LogP contribution in [0.5, 0.6) is 5.75 Å². The number of phenols is 1. The minimum absolute atomic E-state index is 0.233. The average Bonchev–Trinajstić information content (AvgIpc) is 2.32. The second-order valence-electron chi connectivity index (χ2n) is 3.45. The van der Waals surface area contributed by atoms with Gasteiger partial charge in [-0.15, -0.1) is 0 Å². The average molecular weight is 231 g/mol. The normalized spacial score (nSPS) is 10.8. The second-order valence-corrected chi connectivity index (χ2v) is 3.88. The van der Waals surface area contributed by atoms with Crippen LogP contribution in [0.15, 0.2) is 48.5 Å². The van der Waals surface area contributed by atoms with Crippen LogP contribution in [0.25, 0.3) is 12.2 Å². The maximum absolute atomic E-state index is 9.60. The van der Waals surface area contributed by atoms with Gasteiger partial charge in [0.1, 0.15) is 5.75 Å². The van der Waals surface area contributed by atoms with Crippen LogP contribution in [0.2, 0.25) is 5.02 Å². The molecule has 0 heterocycles. The Labute approximate surface area is 99.6 Å². The number of halogens is 1. The molecule has 2 rings (SSSR count). The summed E-state index contributed by atoms with van der Waals surface area (Å²) in [5, 5.41) is 10.2. The van der Waals surface area contributed by atoms with Gasteiger partial charge in [-0.3, -0.25) is 0 Å². The van der Waals surface area contributed by atoms with E-state index < -0.39 is 0 Å². The predicted molar refractivity (Wildman–Crippen MR) is 68.5 cm³/mol. The molecule has 2 heteroatoms. The van der Waals surface area contributed by atoms with E-state index in [0.717, 1.165) is 11.1 Å². The Hall–Kier alpha value is -1.73. The zero-order valence-corrected chi connectivity index (χ0v) is 9.35. The third kappa shape index (κ3) is 2.65. The zero-order valence-electron chi connectivity index (χ0n) is 8.60. The first-order valence-corrected chi connectivity index (χ1v) is 5.35. The van der Waals surface area contributed by atoms with Gasteiger partial charge in [0, 0.05) is 10.6 Å². The van der Waals surface area contributed by atoms with Crippen molar-refractivity contribution in [2.75, 3.05) is 0 Å². The highest BCUT2D eigenvalue weighted by atomic mass is 35.5. The summed E-state index contributed by atoms with van der Waals surface area (Å²) >= 11 is 5.85. The summed E-state index contributed by atoms with van der Waals surface area (Å²) in [7, 11) is 0. The maximum Gasteiger partial charge on any atom is 0.122 e. The summed E-state index contributed by atoms with van der Waals surface area (Å²) in [5.74, 6) is 0.233. The van der Waals surface area contributed by atoms with Gasteiger partial charge < -0.3 is 5.11 Å². The Morgan fingerprint density at radius 3 is 2.44 bits per heavy atom. The lowest BCUT2D eigenvalue weighted by Gasteiger charge is -1.99. The van der Waals surface area contributed by atoms with Crippen molar-refractivity contribution in [3.8, 4) is 5.75 Å². The van der Waals surface area contributed by atoms with Gasteiger partial charge in [-0.25, -0.2) is 0 Å². The van der Waals surface area contributed by atoms with Crippen LogP contribution in [0, 0.1) is 0 Å². The van der Waals surface area contributed by atoms with Crippen LogP contribution in [0.3, 0.4) is 0 Å². The van der Waals surface area contributed by atoms with Gasteiger partial charge in [-0.2, -0.15) is 0 Å². The van der Waals surface area contributed by atoms with E-state index in [1.807, 2.05) is 42.5 Å².